The molecule has 14 heavy (non-hydrogen) atoms. The molecule has 74 valence electrons. The Morgan fingerprint density at radius 1 is 1.43 bits per heavy atom. The smallest absolute Gasteiger partial charge is 0.130 e. The van der Waals surface area contributed by atoms with Gasteiger partial charge in [-0.25, -0.2) is 0 Å². The standard InChI is InChI=1S/C10H13N3S/c1-8(12-11)13(9(2)14)10-6-4-3-5-7-10/h3-7,14H,2,11H2,1H3/b12-8-. The molecule has 0 aliphatic rings. The lowest BCUT2D eigenvalue weighted by molar-refractivity contribution is 1.18. The predicted octanol–water partition coefficient (Wildman–Crippen LogP) is 2.19. The van der Waals surface area contributed by atoms with Crippen molar-refractivity contribution in [3.05, 3.63) is 41.9 Å². The van der Waals surface area contributed by atoms with Crippen LogP contribution in [-0.2, 0) is 0 Å². The molecular formula is C10H13N3S. The minimum Gasteiger partial charge on any atom is -0.322 e. The minimum atomic E-state index is 0.586. The first-order valence-corrected chi connectivity index (χ1v) is 4.59. The maximum Gasteiger partial charge on any atom is 0.130 e. The highest BCUT2D eigenvalue weighted by Gasteiger charge is 2.09. The number of hydrogen-bond donors (Lipinski definition) is 2. The molecule has 4 heteroatoms. The molecule has 1 aromatic rings. The Hall–Kier alpha value is -1.42. The van der Waals surface area contributed by atoms with E-state index in [1.807, 2.05) is 30.3 Å². The second-order valence-electron chi connectivity index (χ2n) is 2.76. The van der Waals surface area contributed by atoms with Crippen molar-refractivity contribution in [3.63, 3.8) is 0 Å². The normalized spacial score (nSPS) is 11.1. The summed E-state index contributed by atoms with van der Waals surface area (Å²) < 4.78 is 0. The molecule has 0 aliphatic heterocycles. The lowest BCUT2D eigenvalue weighted by Crippen LogP contribution is -2.26. The molecule has 0 saturated carbocycles. The number of anilines is 1. The SMILES string of the molecule is C=C(S)N(/C(C)=N\N)c1ccccc1. The predicted molar refractivity (Wildman–Crippen MR) is 64.3 cm³/mol. The molecule has 0 bridgehead atoms. The lowest BCUT2D eigenvalue weighted by Gasteiger charge is -2.22. The zero-order valence-corrected chi connectivity index (χ0v) is 8.91. The van der Waals surface area contributed by atoms with Gasteiger partial charge in [0.2, 0.25) is 0 Å². The van der Waals surface area contributed by atoms with Crippen molar-refractivity contribution in [2.24, 2.45) is 10.9 Å². The number of para-hydroxylation sites is 1. The van der Waals surface area contributed by atoms with Gasteiger partial charge in [-0.2, -0.15) is 5.10 Å². The van der Waals surface area contributed by atoms with E-state index >= 15 is 0 Å². The van der Waals surface area contributed by atoms with E-state index in [-0.39, 0.29) is 0 Å². The molecule has 0 aromatic heterocycles. The molecule has 1 aromatic carbocycles. The summed E-state index contributed by atoms with van der Waals surface area (Å²) in [5, 5.41) is 4.21. The average Bonchev–Trinajstić information content (AvgIpc) is 2.19. The number of amidine groups is 1. The van der Waals surface area contributed by atoms with Gasteiger partial charge in [0, 0.05) is 5.69 Å². The van der Waals surface area contributed by atoms with Gasteiger partial charge in [-0.15, -0.1) is 12.6 Å². The van der Waals surface area contributed by atoms with Gasteiger partial charge < -0.3 is 5.84 Å². The van der Waals surface area contributed by atoms with Crippen molar-refractivity contribution in [2.75, 3.05) is 4.90 Å². The lowest BCUT2D eigenvalue weighted by atomic mass is 10.3. The molecule has 2 N–H and O–H groups in total. The molecule has 0 aliphatic carbocycles. The summed E-state index contributed by atoms with van der Waals surface area (Å²) in [6, 6.07) is 9.69. The Morgan fingerprint density at radius 2 is 2.00 bits per heavy atom. The highest BCUT2D eigenvalue weighted by molar-refractivity contribution is 7.84. The van der Waals surface area contributed by atoms with Crippen LogP contribution >= 0.6 is 12.6 Å². The second-order valence-corrected chi connectivity index (χ2v) is 3.28. The number of benzene rings is 1. The minimum absolute atomic E-state index is 0.586. The van der Waals surface area contributed by atoms with Gasteiger partial charge in [-0.1, -0.05) is 24.8 Å². The number of hydrazone groups is 1. The van der Waals surface area contributed by atoms with E-state index in [0.29, 0.717) is 10.9 Å². The second kappa shape index (κ2) is 4.72. The summed E-state index contributed by atoms with van der Waals surface area (Å²) in [5.41, 5.74) is 0.944. The van der Waals surface area contributed by atoms with Crippen molar-refractivity contribution < 1.29 is 0 Å². The zero-order valence-electron chi connectivity index (χ0n) is 8.01. The van der Waals surface area contributed by atoms with Crippen LogP contribution in [0, 0.1) is 0 Å². The molecule has 0 atom stereocenters. The van der Waals surface area contributed by atoms with E-state index < -0.39 is 0 Å². The van der Waals surface area contributed by atoms with E-state index in [2.05, 4.69) is 24.3 Å². The molecular weight excluding hydrogens is 194 g/mol. The van der Waals surface area contributed by atoms with Crippen LogP contribution in [0.25, 0.3) is 0 Å². The fourth-order valence-electron chi connectivity index (χ4n) is 1.16. The summed E-state index contributed by atoms with van der Waals surface area (Å²) in [6.45, 7) is 5.55. The molecule has 0 fully saturated rings. The van der Waals surface area contributed by atoms with Crippen LogP contribution in [0.4, 0.5) is 5.69 Å². The van der Waals surface area contributed by atoms with E-state index in [4.69, 9.17) is 5.84 Å². The Balaban J connectivity index is 3.08. The third-order valence-electron chi connectivity index (χ3n) is 1.78. The van der Waals surface area contributed by atoms with Crippen molar-refractivity contribution in [3.8, 4) is 0 Å². The zero-order chi connectivity index (χ0) is 10.6. The molecule has 0 unspecified atom stereocenters. The van der Waals surface area contributed by atoms with Gasteiger partial charge in [-0.3, -0.25) is 4.90 Å². The van der Waals surface area contributed by atoms with Crippen LogP contribution in [0.15, 0.2) is 47.0 Å². The summed E-state index contributed by atoms with van der Waals surface area (Å²) in [4.78, 5) is 1.77. The maximum absolute atomic E-state index is 5.22. The quantitative estimate of drug-likeness (QED) is 0.257. The van der Waals surface area contributed by atoms with Crippen LogP contribution in [0.3, 0.4) is 0 Å². The number of rotatable bonds is 2. The first-order chi connectivity index (χ1) is 6.66. The largest absolute Gasteiger partial charge is 0.322 e. The van der Waals surface area contributed by atoms with Gasteiger partial charge in [0.05, 0.1) is 5.03 Å². The highest BCUT2D eigenvalue weighted by atomic mass is 32.1. The highest BCUT2D eigenvalue weighted by Crippen LogP contribution is 2.20. The number of hydrogen-bond acceptors (Lipinski definition) is 3. The Kier molecular flexibility index (Phi) is 3.59. The molecule has 0 amide bonds. The third-order valence-corrected chi connectivity index (χ3v) is 1.98. The van der Waals surface area contributed by atoms with Crippen molar-refractivity contribution in [2.45, 2.75) is 6.92 Å². The van der Waals surface area contributed by atoms with Crippen LogP contribution in [0.5, 0.6) is 0 Å². The van der Waals surface area contributed by atoms with Crippen LogP contribution in [-0.4, -0.2) is 5.84 Å². The number of nitrogens with two attached hydrogens (primary N) is 1. The monoisotopic (exact) mass is 207 g/mol. The topological polar surface area (TPSA) is 41.6 Å². The molecule has 0 heterocycles. The van der Waals surface area contributed by atoms with E-state index in [1.165, 1.54) is 0 Å². The summed E-state index contributed by atoms with van der Waals surface area (Å²) in [7, 11) is 0. The van der Waals surface area contributed by atoms with Gasteiger partial charge >= 0.3 is 0 Å². The fourth-order valence-corrected chi connectivity index (χ4v) is 1.42. The molecule has 0 saturated heterocycles. The first-order valence-electron chi connectivity index (χ1n) is 4.14. The summed E-state index contributed by atoms with van der Waals surface area (Å²) in [5.74, 6) is 5.87. The number of thiol groups is 1. The van der Waals surface area contributed by atoms with E-state index in [0.717, 1.165) is 5.69 Å². The van der Waals surface area contributed by atoms with Gasteiger partial charge in [-0.05, 0) is 19.1 Å². The molecule has 1 rings (SSSR count). The van der Waals surface area contributed by atoms with Crippen molar-refractivity contribution in [1.82, 2.24) is 0 Å². The van der Waals surface area contributed by atoms with Crippen LogP contribution < -0.4 is 10.7 Å². The molecule has 0 spiro atoms. The number of nitrogens with zero attached hydrogens (tertiary/aromatic N) is 2. The fraction of sp³-hybridized carbons (Fsp3) is 0.100. The molecule has 3 nitrogen and oxygen atoms in total. The van der Waals surface area contributed by atoms with E-state index in [9.17, 15) is 0 Å². The van der Waals surface area contributed by atoms with Crippen molar-refractivity contribution in [1.29, 1.82) is 0 Å². The third kappa shape index (κ3) is 2.29. The van der Waals surface area contributed by atoms with Crippen LogP contribution in [0.1, 0.15) is 6.92 Å². The van der Waals surface area contributed by atoms with Gasteiger partial charge in [0.15, 0.2) is 0 Å². The Labute approximate surface area is 89.3 Å². The molecule has 0 radical (unpaired) electrons. The Bertz CT molecular complexity index is 346. The summed E-state index contributed by atoms with van der Waals surface area (Å²) >= 11 is 4.19. The van der Waals surface area contributed by atoms with Crippen molar-refractivity contribution >= 4 is 24.2 Å². The summed E-state index contributed by atoms with van der Waals surface area (Å²) in [6.07, 6.45) is 0. The maximum atomic E-state index is 5.22. The Morgan fingerprint density at radius 3 is 2.43 bits per heavy atom. The van der Waals surface area contributed by atoms with Crippen LogP contribution in [0.2, 0.25) is 0 Å². The first kappa shape index (κ1) is 10.7. The van der Waals surface area contributed by atoms with Gasteiger partial charge in [0.25, 0.3) is 0 Å². The average molecular weight is 207 g/mol. The van der Waals surface area contributed by atoms with Gasteiger partial charge in [0.1, 0.15) is 5.84 Å². The van der Waals surface area contributed by atoms with E-state index in [1.54, 1.807) is 11.8 Å².